The zero-order chi connectivity index (χ0) is 26.7. The SMILES string of the molecule is COC(=O)N1CC[C@H](Nc2cc(-c3ccc4cc(C#N)cnn34)ncc2C(=O)NC[C@@H](F)C(C)(C)O)C1. The monoisotopic (exact) mass is 509 g/mol. The number of hydrogen-bond donors (Lipinski definition) is 3. The number of rotatable bonds is 7. The second-order valence-electron chi connectivity index (χ2n) is 9.40. The Labute approximate surface area is 212 Å². The van der Waals surface area contributed by atoms with Crippen molar-refractivity contribution in [1.82, 2.24) is 24.8 Å². The fourth-order valence-corrected chi connectivity index (χ4v) is 4.07. The van der Waals surface area contributed by atoms with Crippen molar-refractivity contribution in [3.8, 4) is 17.5 Å². The lowest BCUT2D eigenvalue weighted by atomic mass is 10.0. The molecule has 11 nitrogen and oxygen atoms in total. The average molecular weight is 510 g/mol. The van der Waals surface area contributed by atoms with Gasteiger partial charge in [0.1, 0.15) is 12.2 Å². The minimum Gasteiger partial charge on any atom is -0.453 e. The molecule has 1 aliphatic rings. The quantitative estimate of drug-likeness (QED) is 0.440. The number of fused-ring (bicyclic) bond motifs is 1. The molecule has 4 rings (SSSR count). The molecular formula is C25H28FN7O4. The maximum atomic E-state index is 14.2. The number of aromatic nitrogens is 3. The number of carbonyl (C=O) groups excluding carboxylic acids is 2. The summed E-state index contributed by atoms with van der Waals surface area (Å²) in [6.45, 7) is 3.15. The second kappa shape index (κ2) is 10.4. The van der Waals surface area contributed by atoms with Gasteiger partial charge in [-0.25, -0.2) is 13.7 Å². The maximum absolute atomic E-state index is 14.2. The molecular weight excluding hydrogens is 481 g/mol. The van der Waals surface area contributed by atoms with Crippen molar-refractivity contribution in [3.05, 3.63) is 47.8 Å². The molecule has 1 saturated heterocycles. The highest BCUT2D eigenvalue weighted by Gasteiger charge is 2.29. The van der Waals surface area contributed by atoms with Crippen LogP contribution >= 0.6 is 0 Å². The predicted molar refractivity (Wildman–Crippen MR) is 133 cm³/mol. The van der Waals surface area contributed by atoms with Crippen molar-refractivity contribution >= 4 is 23.2 Å². The van der Waals surface area contributed by atoms with E-state index in [-0.39, 0.29) is 18.2 Å². The number of halogens is 1. The Hall–Kier alpha value is -4.24. The van der Waals surface area contributed by atoms with Crippen LogP contribution < -0.4 is 10.6 Å². The van der Waals surface area contributed by atoms with Crippen molar-refractivity contribution in [3.63, 3.8) is 0 Å². The van der Waals surface area contributed by atoms with Crippen LogP contribution in [0.25, 0.3) is 16.9 Å². The summed E-state index contributed by atoms with van der Waals surface area (Å²) in [6.07, 6.45) is 1.38. The standard InChI is InChI=1S/C25H28FN7O4/c1-25(2,36)22(26)13-29-23(34)18-12-28-20(21-5-4-17-8-15(10-27)11-30-33(17)21)9-19(18)31-16-6-7-32(14-16)24(35)37-3/h4-5,8-9,11-12,16,22,36H,6-7,13-14H2,1-3H3,(H,28,31)(H,29,34)/t16-,22+/m0/s1. The number of nitrogens with one attached hydrogen (secondary N) is 2. The van der Waals surface area contributed by atoms with Crippen LogP contribution in [0, 0.1) is 11.3 Å². The van der Waals surface area contributed by atoms with E-state index >= 15 is 0 Å². The van der Waals surface area contributed by atoms with Gasteiger partial charge in [-0.2, -0.15) is 10.4 Å². The van der Waals surface area contributed by atoms with E-state index in [0.717, 1.165) is 0 Å². The number of carbonyl (C=O) groups is 2. The maximum Gasteiger partial charge on any atom is 0.409 e. The first kappa shape index (κ1) is 25.8. The number of nitrogens with zero attached hydrogens (tertiary/aromatic N) is 5. The van der Waals surface area contributed by atoms with Gasteiger partial charge in [-0.1, -0.05) is 0 Å². The number of aliphatic hydroxyl groups is 1. The van der Waals surface area contributed by atoms with Gasteiger partial charge in [0.25, 0.3) is 5.91 Å². The highest BCUT2D eigenvalue weighted by molar-refractivity contribution is 6.00. The average Bonchev–Trinajstić information content (AvgIpc) is 3.52. The van der Waals surface area contributed by atoms with Crippen LogP contribution in [0.1, 0.15) is 36.2 Å². The molecule has 12 heteroatoms. The summed E-state index contributed by atoms with van der Waals surface area (Å²) in [4.78, 5) is 30.9. The Kier molecular flexibility index (Phi) is 7.26. The number of likely N-dealkylation sites (tertiary alicyclic amines) is 1. The molecule has 0 unspecified atom stereocenters. The Morgan fingerprint density at radius 3 is 2.84 bits per heavy atom. The van der Waals surface area contributed by atoms with Gasteiger partial charge in [0.15, 0.2) is 0 Å². The first-order valence-corrected chi connectivity index (χ1v) is 11.7. The highest BCUT2D eigenvalue weighted by Crippen LogP contribution is 2.27. The molecule has 0 bridgehead atoms. The van der Waals surface area contributed by atoms with Gasteiger partial charge in [-0.05, 0) is 44.5 Å². The highest BCUT2D eigenvalue weighted by atomic mass is 19.1. The number of ether oxygens (including phenoxy) is 1. The van der Waals surface area contributed by atoms with Crippen LogP contribution in [0.4, 0.5) is 14.9 Å². The Morgan fingerprint density at radius 2 is 2.14 bits per heavy atom. The van der Waals surface area contributed by atoms with Crippen molar-refractivity contribution in [1.29, 1.82) is 5.26 Å². The lowest BCUT2D eigenvalue weighted by molar-refractivity contribution is -0.00177. The number of methoxy groups -OCH3 is 1. The molecule has 0 radical (unpaired) electrons. The fraction of sp³-hybridized carbons (Fsp3) is 0.400. The summed E-state index contributed by atoms with van der Waals surface area (Å²) in [7, 11) is 1.32. The smallest absolute Gasteiger partial charge is 0.409 e. The first-order valence-electron chi connectivity index (χ1n) is 11.7. The third-order valence-electron chi connectivity index (χ3n) is 6.23. The van der Waals surface area contributed by atoms with Crippen LogP contribution in [0.5, 0.6) is 0 Å². The van der Waals surface area contributed by atoms with E-state index in [1.54, 1.807) is 27.6 Å². The number of pyridine rings is 1. The van der Waals surface area contributed by atoms with Crippen molar-refractivity contribution in [2.24, 2.45) is 0 Å². The number of alkyl halides is 1. The molecule has 0 saturated carbocycles. The third kappa shape index (κ3) is 5.62. The van der Waals surface area contributed by atoms with Gasteiger partial charge in [-0.3, -0.25) is 9.78 Å². The van der Waals surface area contributed by atoms with Gasteiger partial charge >= 0.3 is 6.09 Å². The Morgan fingerprint density at radius 1 is 1.35 bits per heavy atom. The number of nitriles is 1. The van der Waals surface area contributed by atoms with Gasteiger partial charge in [-0.15, -0.1) is 0 Å². The second-order valence-corrected chi connectivity index (χ2v) is 9.40. The summed E-state index contributed by atoms with van der Waals surface area (Å²) in [5.41, 5.74) is 1.31. The Balaban J connectivity index is 1.65. The van der Waals surface area contributed by atoms with Gasteiger partial charge in [0, 0.05) is 25.3 Å². The van der Waals surface area contributed by atoms with E-state index < -0.39 is 23.8 Å². The van der Waals surface area contributed by atoms with Crippen LogP contribution in [0.3, 0.4) is 0 Å². The number of amides is 2. The number of hydrogen-bond acceptors (Lipinski definition) is 8. The van der Waals surface area contributed by atoms with E-state index in [2.05, 4.69) is 26.8 Å². The van der Waals surface area contributed by atoms with Crippen LogP contribution in [0.2, 0.25) is 0 Å². The summed E-state index contributed by atoms with van der Waals surface area (Å²) >= 11 is 0. The summed E-state index contributed by atoms with van der Waals surface area (Å²) < 4.78 is 20.7. The van der Waals surface area contributed by atoms with Gasteiger partial charge in [0.2, 0.25) is 0 Å². The van der Waals surface area contributed by atoms with Gasteiger partial charge < -0.3 is 25.4 Å². The molecule has 0 aromatic carbocycles. The van der Waals surface area contributed by atoms with E-state index in [9.17, 15) is 19.1 Å². The molecule has 3 aromatic heterocycles. The molecule has 194 valence electrons. The van der Waals surface area contributed by atoms with Crippen LogP contribution in [-0.4, -0.2) is 81.2 Å². The minimum atomic E-state index is -1.67. The molecule has 37 heavy (non-hydrogen) atoms. The topological polar surface area (TPSA) is 145 Å². The largest absolute Gasteiger partial charge is 0.453 e. The third-order valence-corrected chi connectivity index (χ3v) is 6.23. The van der Waals surface area contributed by atoms with Gasteiger partial charge in [0.05, 0.1) is 59.2 Å². The molecule has 2 atom stereocenters. The summed E-state index contributed by atoms with van der Waals surface area (Å²) in [5, 5.41) is 29.1. The molecule has 0 spiro atoms. The summed E-state index contributed by atoms with van der Waals surface area (Å²) in [5.74, 6) is -0.562. The number of anilines is 1. The predicted octanol–water partition coefficient (Wildman–Crippen LogP) is 2.36. The molecule has 4 heterocycles. The Bertz CT molecular complexity index is 1360. The normalized spacial score (nSPS) is 16.3. The molecule has 0 aliphatic carbocycles. The fourth-order valence-electron chi connectivity index (χ4n) is 4.07. The van der Waals surface area contributed by atoms with Crippen molar-refractivity contribution in [2.75, 3.05) is 32.1 Å². The first-order chi connectivity index (χ1) is 17.6. The van der Waals surface area contributed by atoms with E-state index in [0.29, 0.717) is 47.7 Å². The lowest BCUT2D eigenvalue weighted by Crippen LogP contribution is -2.42. The van der Waals surface area contributed by atoms with Crippen LogP contribution in [0.15, 0.2) is 36.7 Å². The zero-order valence-corrected chi connectivity index (χ0v) is 20.7. The zero-order valence-electron chi connectivity index (χ0n) is 20.7. The lowest BCUT2D eigenvalue weighted by Gasteiger charge is -2.23. The van der Waals surface area contributed by atoms with E-state index in [1.165, 1.54) is 33.4 Å². The van der Waals surface area contributed by atoms with E-state index in [4.69, 9.17) is 10.00 Å². The summed E-state index contributed by atoms with van der Waals surface area (Å²) in [6, 6.07) is 8.91. The molecule has 1 aliphatic heterocycles. The molecule has 1 fully saturated rings. The van der Waals surface area contributed by atoms with Crippen molar-refractivity contribution in [2.45, 2.75) is 38.1 Å². The molecule has 2 amide bonds. The molecule has 3 aromatic rings. The molecule has 3 N–H and O–H groups in total. The minimum absolute atomic E-state index is 0.161. The van der Waals surface area contributed by atoms with Crippen LogP contribution in [-0.2, 0) is 4.74 Å². The van der Waals surface area contributed by atoms with Crippen molar-refractivity contribution < 1.29 is 23.8 Å². The van der Waals surface area contributed by atoms with E-state index in [1.807, 2.05) is 6.07 Å².